The molecule has 2 atom stereocenters. The van der Waals surface area contributed by atoms with Gasteiger partial charge in [0.2, 0.25) is 11.8 Å². The summed E-state index contributed by atoms with van der Waals surface area (Å²) in [6.07, 6.45) is 7.10. The minimum atomic E-state index is -0.567. The fourth-order valence-electron chi connectivity index (χ4n) is 3.66. The lowest BCUT2D eigenvalue weighted by atomic mass is 9.97. The molecule has 1 aliphatic carbocycles. The minimum absolute atomic E-state index is 0.315. The highest BCUT2D eigenvalue weighted by molar-refractivity contribution is 5.42. The Balaban J connectivity index is 1.64. The van der Waals surface area contributed by atoms with Crippen molar-refractivity contribution < 1.29 is 14.6 Å². The Morgan fingerprint density at radius 3 is 2.61 bits per heavy atom. The molecule has 0 amide bonds. The van der Waals surface area contributed by atoms with E-state index in [4.69, 9.17) is 19.4 Å². The predicted octanol–water partition coefficient (Wildman–Crippen LogP) is 1.48. The van der Waals surface area contributed by atoms with Crippen molar-refractivity contribution in [3.05, 3.63) is 11.3 Å². The fraction of sp³-hybridized carbons (Fsp3) is 0.765. The summed E-state index contributed by atoms with van der Waals surface area (Å²) in [5.41, 5.74) is 2.27. The highest BCUT2D eigenvalue weighted by Crippen LogP contribution is 2.31. The number of rotatable bonds is 3. The van der Waals surface area contributed by atoms with Crippen LogP contribution in [0.4, 0.5) is 5.95 Å². The largest absolute Gasteiger partial charge is 0.469 e. The van der Waals surface area contributed by atoms with Crippen LogP contribution >= 0.6 is 0 Å². The number of hydrogen-bond donors (Lipinski definition) is 1. The van der Waals surface area contributed by atoms with Gasteiger partial charge in [-0.1, -0.05) is 0 Å². The number of piperidine rings is 1. The van der Waals surface area contributed by atoms with Gasteiger partial charge in [0.05, 0.1) is 18.9 Å². The maximum absolute atomic E-state index is 9.97. The summed E-state index contributed by atoms with van der Waals surface area (Å²) in [5, 5.41) is 9.97. The molecule has 23 heavy (non-hydrogen) atoms. The maximum atomic E-state index is 9.97. The number of anilines is 1. The molecule has 1 aromatic heterocycles. The number of ether oxygens (including phenoxy) is 2. The molecule has 0 unspecified atom stereocenters. The quantitative estimate of drug-likeness (QED) is 0.910. The van der Waals surface area contributed by atoms with Crippen molar-refractivity contribution in [3.8, 4) is 5.88 Å². The Morgan fingerprint density at radius 2 is 1.83 bits per heavy atom. The zero-order valence-corrected chi connectivity index (χ0v) is 13.5. The van der Waals surface area contributed by atoms with E-state index in [0.29, 0.717) is 19.1 Å². The number of hydrogen-bond acceptors (Lipinski definition) is 6. The molecule has 0 spiro atoms. The van der Waals surface area contributed by atoms with Crippen molar-refractivity contribution in [3.63, 3.8) is 0 Å². The molecule has 3 heterocycles. The van der Waals surface area contributed by atoms with Gasteiger partial charge >= 0.3 is 0 Å². The molecule has 0 saturated carbocycles. The van der Waals surface area contributed by atoms with E-state index in [1.54, 1.807) is 0 Å². The lowest BCUT2D eigenvalue weighted by molar-refractivity contribution is 0.0694. The smallest absolute Gasteiger partial charge is 0.228 e. The van der Waals surface area contributed by atoms with Crippen LogP contribution in [-0.2, 0) is 17.6 Å². The molecule has 126 valence electrons. The highest BCUT2D eigenvalue weighted by Gasteiger charge is 2.31. The summed E-state index contributed by atoms with van der Waals surface area (Å²) in [5.74, 6) is 1.47. The van der Waals surface area contributed by atoms with Crippen LogP contribution in [0.3, 0.4) is 0 Å². The van der Waals surface area contributed by atoms with E-state index in [1.807, 2.05) is 0 Å². The lowest BCUT2D eigenvalue weighted by Crippen LogP contribution is -2.33. The molecule has 1 aromatic rings. The standard InChI is InChI=1S/C17H25N3O3/c21-14-10-22-11-15(14)23-16-12-6-2-3-7-13(12)18-17(19-16)20-8-4-1-5-9-20/h14-15,21H,1-11H2/t14-,15+/m0/s1. The average Bonchev–Trinajstić information content (AvgIpc) is 3.00. The van der Waals surface area contributed by atoms with E-state index >= 15 is 0 Å². The van der Waals surface area contributed by atoms with Gasteiger partial charge in [-0.3, -0.25) is 0 Å². The lowest BCUT2D eigenvalue weighted by Gasteiger charge is -2.29. The molecule has 6 nitrogen and oxygen atoms in total. The summed E-state index contributed by atoms with van der Waals surface area (Å²) in [6, 6.07) is 0. The van der Waals surface area contributed by atoms with E-state index in [1.165, 1.54) is 25.7 Å². The van der Waals surface area contributed by atoms with Gasteiger partial charge in [-0.15, -0.1) is 0 Å². The molecule has 4 rings (SSSR count). The third kappa shape index (κ3) is 3.15. The Kier molecular flexibility index (Phi) is 4.35. The summed E-state index contributed by atoms with van der Waals surface area (Å²) < 4.78 is 11.4. The van der Waals surface area contributed by atoms with Gasteiger partial charge in [0, 0.05) is 18.7 Å². The molecule has 6 heteroatoms. The molecular weight excluding hydrogens is 294 g/mol. The molecule has 2 saturated heterocycles. The second kappa shape index (κ2) is 6.61. The average molecular weight is 319 g/mol. The van der Waals surface area contributed by atoms with Crippen LogP contribution < -0.4 is 9.64 Å². The molecule has 2 aliphatic heterocycles. The summed E-state index contributed by atoms with van der Waals surface area (Å²) in [6.45, 7) is 2.82. The molecule has 2 fully saturated rings. The highest BCUT2D eigenvalue weighted by atomic mass is 16.6. The molecule has 0 radical (unpaired) electrons. The van der Waals surface area contributed by atoms with E-state index in [0.717, 1.165) is 49.6 Å². The minimum Gasteiger partial charge on any atom is -0.469 e. The van der Waals surface area contributed by atoms with Crippen LogP contribution in [0.1, 0.15) is 43.4 Å². The van der Waals surface area contributed by atoms with E-state index < -0.39 is 6.10 Å². The zero-order chi connectivity index (χ0) is 15.6. The fourth-order valence-corrected chi connectivity index (χ4v) is 3.66. The first-order valence-electron chi connectivity index (χ1n) is 8.88. The van der Waals surface area contributed by atoms with E-state index in [2.05, 4.69) is 4.90 Å². The number of fused-ring (bicyclic) bond motifs is 1. The summed E-state index contributed by atoms with van der Waals surface area (Å²) in [7, 11) is 0. The van der Waals surface area contributed by atoms with Crippen molar-refractivity contribution >= 4 is 5.95 Å². The van der Waals surface area contributed by atoms with Crippen LogP contribution in [0.15, 0.2) is 0 Å². The Hall–Kier alpha value is -1.40. The number of aromatic nitrogens is 2. The Morgan fingerprint density at radius 1 is 1.00 bits per heavy atom. The molecule has 0 aromatic carbocycles. The maximum Gasteiger partial charge on any atom is 0.228 e. The first kappa shape index (κ1) is 15.1. The van der Waals surface area contributed by atoms with Crippen LogP contribution in [0.5, 0.6) is 5.88 Å². The number of aliphatic hydroxyl groups is 1. The Bertz CT molecular complexity index is 560. The predicted molar refractivity (Wildman–Crippen MR) is 86.0 cm³/mol. The third-order valence-electron chi connectivity index (χ3n) is 5.04. The van der Waals surface area contributed by atoms with Crippen LogP contribution in [0.2, 0.25) is 0 Å². The third-order valence-corrected chi connectivity index (χ3v) is 5.04. The van der Waals surface area contributed by atoms with E-state index in [-0.39, 0.29) is 6.10 Å². The summed E-state index contributed by atoms with van der Waals surface area (Å²) >= 11 is 0. The van der Waals surface area contributed by atoms with Crippen LogP contribution in [0, 0.1) is 0 Å². The van der Waals surface area contributed by atoms with Crippen molar-refractivity contribution in [2.75, 3.05) is 31.2 Å². The number of nitrogens with zero attached hydrogens (tertiary/aromatic N) is 3. The van der Waals surface area contributed by atoms with Gasteiger partial charge < -0.3 is 19.5 Å². The van der Waals surface area contributed by atoms with Crippen molar-refractivity contribution in [1.82, 2.24) is 9.97 Å². The zero-order valence-electron chi connectivity index (χ0n) is 13.5. The van der Waals surface area contributed by atoms with Gasteiger partial charge in [-0.05, 0) is 44.9 Å². The van der Waals surface area contributed by atoms with Crippen LogP contribution in [-0.4, -0.2) is 53.6 Å². The molecule has 0 bridgehead atoms. The molecule has 1 N–H and O–H groups in total. The second-order valence-electron chi connectivity index (χ2n) is 6.77. The van der Waals surface area contributed by atoms with Crippen molar-refractivity contribution in [2.45, 2.75) is 57.2 Å². The van der Waals surface area contributed by atoms with Crippen molar-refractivity contribution in [1.29, 1.82) is 0 Å². The Labute approximate surface area is 136 Å². The number of aliphatic hydroxyl groups excluding tert-OH is 1. The summed E-state index contributed by atoms with van der Waals surface area (Å²) in [4.78, 5) is 11.8. The van der Waals surface area contributed by atoms with Gasteiger partial charge in [-0.2, -0.15) is 4.98 Å². The molecule has 3 aliphatic rings. The van der Waals surface area contributed by atoms with Gasteiger partial charge in [0.1, 0.15) is 6.10 Å². The monoisotopic (exact) mass is 319 g/mol. The normalized spacial score (nSPS) is 27.8. The van der Waals surface area contributed by atoms with E-state index in [9.17, 15) is 5.11 Å². The topological polar surface area (TPSA) is 67.7 Å². The SMILES string of the molecule is O[C@H]1COC[C@H]1Oc1nc(N2CCCCC2)nc2c1CCCC2. The van der Waals surface area contributed by atoms with Gasteiger partial charge in [0.25, 0.3) is 0 Å². The number of aryl methyl sites for hydroxylation is 1. The van der Waals surface area contributed by atoms with Gasteiger partial charge in [0.15, 0.2) is 6.10 Å². The van der Waals surface area contributed by atoms with Crippen molar-refractivity contribution in [2.24, 2.45) is 0 Å². The van der Waals surface area contributed by atoms with Gasteiger partial charge in [-0.25, -0.2) is 4.98 Å². The molecular formula is C17H25N3O3. The first-order valence-corrected chi connectivity index (χ1v) is 8.88. The second-order valence-corrected chi connectivity index (χ2v) is 6.77. The first-order chi connectivity index (χ1) is 11.3. The van der Waals surface area contributed by atoms with Crippen LogP contribution in [0.25, 0.3) is 0 Å².